The van der Waals surface area contributed by atoms with Crippen LogP contribution in [0.4, 0.5) is 0 Å². The van der Waals surface area contributed by atoms with E-state index >= 15 is 0 Å². The molecule has 2 N–H and O–H groups in total. The Kier molecular flexibility index (Phi) is 7.95. The van der Waals surface area contributed by atoms with Crippen molar-refractivity contribution in [1.82, 2.24) is 25.2 Å². The van der Waals surface area contributed by atoms with Crippen LogP contribution in [0.25, 0.3) is 5.82 Å². The van der Waals surface area contributed by atoms with Gasteiger partial charge in [-0.3, -0.25) is 4.57 Å². The fourth-order valence-electron chi connectivity index (χ4n) is 2.59. The minimum absolute atomic E-state index is 0.420. The van der Waals surface area contributed by atoms with Crippen molar-refractivity contribution >= 4 is 5.96 Å². The third-order valence-electron chi connectivity index (χ3n) is 3.97. The van der Waals surface area contributed by atoms with Crippen molar-refractivity contribution in [3.05, 3.63) is 42.6 Å². The summed E-state index contributed by atoms with van der Waals surface area (Å²) in [6, 6.07) is 4.46. The molecule has 0 aliphatic rings. The van der Waals surface area contributed by atoms with Gasteiger partial charge in [-0.05, 0) is 38.0 Å². The Morgan fingerprint density at radius 2 is 2.16 bits per heavy atom. The van der Waals surface area contributed by atoms with Crippen LogP contribution in [-0.2, 0) is 6.54 Å². The summed E-state index contributed by atoms with van der Waals surface area (Å²) in [4.78, 5) is 13.2. The second-order valence-corrected chi connectivity index (χ2v) is 6.23. The third kappa shape index (κ3) is 6.57. The lowest BCUT2D eigenvalue weighted by Gasteiger charge is -2.17. The number of hydrogen-bond acceptors (Lipinski definition) is 3. The number of nitrogens with zero attached hydrogens (tertiary/aromatic N) is 4. The number of pyridine rings is 1. The number of nitrogens with one attached hydrogen (secondary N) is 2. The molecule has 0 aliphatic carbocycles. The molecular weight excluding hydrogens is 312 g/mol. The Hall–Kier alpha value is -2.37. The van der Waals surface area contributed by atoms with Gasteiger partial charge in [0.15, 0.2) is 5.96 Å². The van der Waals surface area contributed by atoms with Crippen molar-refractivity contribution in [3.8, 4) is 5.82 Å². The van der Waals surface area contributed by atoms with Crippen molar-refractivity contribution in [2.24, 2.45) is 4.99 Å². The van der Waals surface area contributed by atoms with Gasteiger partial charge in [-0.1, -0.05) is 26.2 Å². The maximum absolute atomic E-state index is 4.72. The molecule has 0 spiro atoms. The Labute approximate surface area is 150 Å². The number of unbranched alkanes of at least 4 members (excludes halogenated alkanes) is 2. The van der Waals surface area contributed by atoms with E-state index in [1.807, 2.05) is 29.1 Å². The summed E-state index contributed by atoms with van der Waals surface area (Å²) in [7, 11) is 0. The number of imidazole rings is 1. The minimum Gasteiger partial charge on any atom is -0.357 e. The summed E-state index contributed by atoms with van der Waals surface area (Å²) in [5, 5.41) is 6.82. The standard InChI is InChI=1S/C19H30N6/c1-4-6-7-8-16(3)24-19(21-5-2)23-14-17-9-10-22-18(13-17)25-12-11-20-15-25/h9-13,15-16H,4-8,14H2,1-3H3,(H2,21,23,24). The molecule has 2 rings (SSSR count). The van der Waals surface area contributed by atoms with Gasteiger partial charge in [0.05, 0.1) is 6.54 Å². The molecule has 0 amide bonds. The molecule has 0 aliphatic heterocycles. The molecule has 2 heterocycles. The zero-order valence-corrected chi connectivity index (χ0v) is 15.6. The molecule has 0 saturated carbocycles. The first-order valence-electron chi connectivity index (χ1n) is 9.21. The highest BCUT2D eigenvalue weighted by Gasteiger charge is 2.05. The number of hydrogen-bond donors (Lipinski definition) is 2. The summed E-state index contributed by atoms with van der Waals surface area (Å²) in [6.45, 7) is 8.00. The first-order valence-corrected chi connectivity index (χ1v) is 9.21. The van der Waals surface area contributed by atoms with E-state index in [1.165, 1.54) is 19.3 Å². The van der Waals surface area contributed by atoms with E-state index in [2.05, 4.69) is 41.4 Å². The molecule has 2 aromatic heterocycles. The van der Waals surface area contributed by atoms with Crippen LogP contribution in [0.5, 0.6) is 0 Å². The molecule has 1 unspecified atom stereocenters. The summed E-state index contributed by atoms with van der Waals surface area (Å²) >= 11 is 0. The first-order chi connectivity index (χ1) is 12.2. The Bertz CT molecular complexity index is 635. The predicted octanol–water partition coefficient (Wildman–Crippen LogP) is 3.29. The zero-order chi connectivity index (χ0) is 17.9. The first kappa shape index (κ1) is 19.0. The number of aliphatic imine (C=N–C) groups is 1. The van der Waals surface area contributed by atoms with E-state index in [4.69, 9.17) is 4.99 Å². The van der Waals surface area contributed by atoms with E-state index < -0.39 is 0 Å². The molecular formula is C19H30N6. The Morgan fingerprint density at radius 1 is 1.28 bits per heavy atom. The normalized spacial score (nSPS) is 12.8. The summed E-state index contributed by atoms with van der Waals surface area (Å²) < 4.78 is 1.90. The van der Waals surface area contributed by atoms with E-state index in [9.17, 15) is 0 Å². The van der Waals surface area contributed by atoms with Crippen LogP contribution in [-0.4, -0.2) is 33.1 Å². The molecule has 6 heteroatoms. The highest BCUT2D eigenvalue weighted by molar-refractivity contribution is 5.80. The zero-order valence-electron chi connectivity index (χ0n) is 15.6. The summed E-state index contributed by atoms with van der Waals surface area (Å²) in [6.07, 6.45) is 12.2. The highest BCUT2D eigenvalue weighted by Crippen LogP contribution is 2.08. The van der Waals surface area contributed by atoms with Crippen molar-refractivity contribution in [3.63, 3.8) is 0 Å². The van der Waals surface area contributed by atoms with Gasteiger partial charge in [0.2, 0.25) is 0 Å². The van der Waals surface area contributed by atoms with Crippen LogP contribution in [0.1, 0.15) is 52.0 Å². The molecule has 0 aromatic carbocycles. The van der Waals surface area contributed by atoms with E-state index in [1.54, 1.807) is 12.5 Å². The summed E-state index contributed by atoms with van der Waals surface area (Å²) in [5.41, 5.74) is 1.12. The van der Waals surface area contributed by atoms with E-state index in [0.717, 1.165) is 30.3 Å². The van der Waals surface area contributed by atoms with Crippen LogP contribution < -0.4 is 10.6 Å². The maximum atomic E-state index is 4.72. The van der Waals surface area contributed by atoms with Crippen molar-refractivity contribution in [2.75, 3.05) is 6.54 Å². The molecule has 0 bridgehead atoms. The van der Waals surface area contributed by atoms with Crippen LogP contribution in [0.2, 0.25) is 0 Å². The fraction of sp³-hybridized carbons (Fsp3) is 0.526. The van der Waals surface area contributed by atoms with Gasteiger partial charge in [-0.15, -0.1) is 0 Å². The van der Waals surface area contributed by atoms with Gasteiger partial charge in [0, 0.05) is 31.2 Å². The van der Waals surface area contributed by atoms with Crippen LogP contribution in [0, 0.1) is 0 Å². The van der Waals surface area contributed by atoms with E-state index in [-0.39, 0.29) is 0 Å². The molecule has 0 radical (unpaired) electrons. The number of guanidine groups is 1. The molecule has 0 fully saturated rings. The molecule has 1 atom stereocenters. The van der Waals surface area contributed by atoms with Gasteiger partial charge in [-0.2, -0.15) is 0 Å². The maximum Gasteiger partial charge on any atom is 0.191 e. The third-order valence-corrected chi connectivity index (χ3v) is 3.97. The topological polar surface area (TPSA) is 67.1 Å². The van der Waals surface area contributed by atoms with Crippen molar-refractivity contribution < 1.29 is 0 Å². The van der Waals surface area contributed by atoms with Crippen LogP contribution in [0.15, 0.2) is 42.0 Å². The van der Waals surface area contributed by atoms with Gasteiger partial charge in [0.25, 0.3) is 0 Å². The Morgan fingerprint density at radius 3 is 2.88 bits per heavy atom. The number of rotatable bonds is 9. The van der Waals surface area contributed by atoms with Gasteiger partial charge < -0.3 is 10.6 Å². The smallest absolute Gasteiger partial charge is 0.191 e. The molecule has 2 aromatic rings. The highest BCUT2D eigenvalue weighted by atomic mass is 15.2. The minimum atomic E-state index is 0.420. The summed E-state index contributed by atoms with van der Waals surface area (Å²) in [5.74, 6) is 1.73. The Balaban J connectivity index is 1.97. The second-order valence-electron chi connectivity index (χ2n) is 6.23. The fourth-order valence-corrected chi connectivity index (χ4v) is 2.59. The molecule has 136 valence electrons. The predicted molar refractivity (Wildman–Crippen MR) is 103 cm³/mol. The quantitative estimate of drug-likeness (QED) is 0.417. The average Bonchev–Trinajstić information content (AvgIpc) is 3.15. The SMILES string of the molecule is CCCCCC(C)NC(=NCc1ccnc(-n2ccnc2)c1)NCC. The van der Waals surface area contributed by atoms with E-state index in [0.29, 0.717) is 12.6 Å². The lowest BCUT2D eigenvalue weighted by Crippen LogP contribution is -2.42. The lowest BCUT2D eigenvalue weighted by atomic mass is 10.1. The second kappa shape index (κ2) is 10.5. The van der Waals surface area contributed by atoms with Crippen LogP contribution in [0.3, 0.4) is 0 Å². The van der Waals surface area contributed by atoms with Gasteiger partial charge in [-0.25, -0.2) is 15.0 Å². The van der Waals surface area contributed by atoms with Crippen molar-refractivity contribution in [1.29, 1.82) is 0 Å². The molecule has 6 nitrogen and oxygen atoms in total. The lowest BCUT2D eigenvalue weighted by molar-refractivity contribution is 0.547. The number of aromatic nitrogens is 3. The van der Waals surface area contributed by atoms with Crippen molar-refractivity contribution in [2.45, 2.75) is 59.0 Å². The molecule has 25 heavy (non-hydrogen) atoms. The van der Waals surface area contributed by atoms with Gasteiger partial charge >= 0.3 is 0 Å². The monoisotopic (exact) mass is 342 g/mol. The molecule has 0 saturated heterocycles. The van der Waals surface area contributed by atoms with Gasteiger partial charge in [0.1, 0.15) is 12.1 Å². The van der Waals surface area contributed by atoms with Crippen LogP contribution >= 0.6 is 0 Å². The largest absolute Gasteiger partial charge is 0.357 e. The average molecular weight is 342 g/mol.